The third-order valence-corrected chi connectivity index (χ3v) is 2.09. The number of aliphatic hydroxyl groups excluding tert-OH is 2. The first kappa shape index (κ1) is 14.5. The van der Waals surface area contributed by atoms with E-state index in [-0.39, 0.29) is 5.56 Å². The molecule has 0 spiro atoms. The van der Waals surface area contributed by atoms with E-state index in [2.05, 4.69) is 4.74 Å². The Morgan fingerprint density at radius 3 is 2.28 bits per heavy atom. The van der Waals surface area contributed by atoms with Gasteiger partial charge in [-0.15, -0.1) is 0 Å². The molecule has 7 heteroatoms. The van der Waals surface area contributed by atoms with Crippen LogP contribution in [-0.4, -0.2) is 41.2 Å². The van der Waals surface area contributed by atoms with Gasteiger partial charge in [0.05, 0.1) is 5.56 Å². The minimum Gasteiger partial charge on any atom is -0.459 e. The summed E-state index contributed by atoms with van der Waals surface area (Å²) in [5.41, 5.74) is 0.145. The van der Waals surface area contributed by atoms with Crippen molar-refractivity contribution in [3.63, 3.8) is 0 Å². The summed E-state index contributed by atoms with van der Waals surface area (Å²) >= 11 is 0. The molecule has 0 saturated carbocycles. The van der Waals surface area contributed by atoms with Gasteiger partial charge in [-0.05, 0) is 12.1 Å². The molecule has 1 aromatic carbocycles. The Kier molecular flexibility index (Phi) is 4.69. The maximum Gasteiger partial charge on any atom is 0.417 e. The molecule has 0 fully saturated rings. The van der Waals surface area contributed by atoms with E-state index >= 15 is 0 Å². The van der Waals surface area contributed by atoms with Crippen LogP contribution in [0.25, 0.3) is 0 Å². The Morgan fingerprint density at radius 2 is 1.78 bits per heavy atom. The van der Waals surface area contributed by atoms with Gasteiger partial charge >= 0.3 is 12.1 Å². The van der Waals surface area contributed by atoms with Gasteiger partial charge in [-0.3, -0.25) is 0 Å². The van der Waals surface area contributed by atoms with Crippen LogP contribution in [-0.2, 0) is 4.74 Å². The van der Waals surface area contributed by atoms with Crippen LogP contribution in [0.1, 0.15) is 10.4 Å². The molecular formula is C11H11F3O4. The summed E-state index contributed by atoms with van der Waals surface area (Å²) in [5, 5.41) is 17.7. The summed E-state index contributed by atoms with van der Waals surface area (Å²) < 4.78 is 40.4. The lowest BCUT2D eigenvalue weighted by Gasteiger charge is -2.20. The van der Waals surface area contributed by atoms with Gasteiger partial charge in [0.1, 0.15) is 12.7 Å². The highest BCUT2D eigenvalue weighted by Gasteiger charge is 2.43. The van der Waals surface area contributed by atoms with E-state index in [0.717, 1.165) is 0 Å². The van der Waals surface area contributed by atoms with Crippen molar-refractivity contribution in [1.82, 2.24) is 0 Å². The normalized spacial score (nSPS) is 14.9. The molecule has 0 radical (unpaired) electrons. The Morgan fingerprint density at radius 1 is 1.22 bits per heavy atom. The summed E-state index contributed by atoms with van der Waals surface area (Å²) in [7, 11) is 0. The number of benzene rings is 1. The van der Waals surface area contributed by atoms with Gasteiger partial charge in [-0.25, -0.2) is 4.79 Å². The number of esters is 1. The van der Waals surface area contributed by atoms with Crippen LogP contribution in [0, 0.1) is 0 Å². The molecule has 2 N–H and O–H groups in total. The predicted molar refractivity (Wildman–Crippen MR) is 54.8 cm³/mol. The van der Waals surface area contributed by atoms with Gasteiger partial charge in [0.2, 0.25) is 0 Å². The highest BCUT2D eigenvalue weighted by Crippen LogP contribution is 2.22. The van der Waals surface area contributed by atoms with E-state index in [1.54, 1.807) is 18.2 Å². The molecule has 18 heavy (non-hydrogen) atoms. The Hall–Kier alpha value is -1.60. The largest absolute Gasteiger partial charge is 0.459 e. The van der Waals surface area contributed by atoms with E-state index in [1.165, 1.54) is 12.1 Å². The van der Waals surface area contributed by atoms with Crippen molar-refractivity contribution in [3.05, 3.63) is 35.9 Å². The van der Waals surface area contributed by atoms with Gasteiger partial charge in [0, 0.05) is 0 Å². The Bertz CT molecular complexity index is 391. The van der Waals surface area contributed by atoms with Crippen molar-refractivity contribution in [2.24, 2.45) is 0 Å². The summed E-state index contributed by atoms with van der Waals surface area (Å²) in [5.74, 6) is -0.871. The fourth-order valence-corrected chi connectivity index (χ4v) is 1.13. The van der Waals surface area contributed by atoms with Crippen molar-refractivity contribution >= 4 is 5.97 Å². The maximum absolute atomic E-state index is 12.0. The zero-order valence-electron chi connectivity index (χ0n) is 9.09. The van der Waals surface area contributed by atoms with Crippen LogP contribution in [0.5, 0.6) is 0 Å². The number of rotatable bonds is 4. The summed E-state index contributed by atoms with van der Waals surface area (Å²) in [4.78, 5) is 11.3. The summed E-state index contributed by atoms with van der Waals surface area (Å²) in [6.45, 7) is -0.936. The highest BCUT2D eigenvalue weighted by atomic mass is 19.4. The monoisotopic (exact) mass is 264 g/mol. The van der Waals surface area contributed by atoms with Gasteiger partial charge in [-0.1, -0.05) is 18.2 Å². The van der Waals surface area contributed by atoms with Gasteiger partial charge in [-0.2, -0.15) is 13.2 Å². The van der Waals surface area contributed by atoms with Crippen molar-refractivity contribution in [1.29, 1.82) is 0 Å². The number of halogens is 3. The SMILES string of the molecule is O=C(OC[C@@H](O)[C@@H](O)C(F)(F)F)c1ccccc1. The quantitative estimate of drug-likeness (QED) is 0.800. The average Bonchev–Trinajstić information content (AvgIpc) is 2.34. The lowest BCUT2D eigenvalue weighted by Crippen LogP contribution is -2.42. The third-order valence-electron chi connectivity index (χ3n) is 2.09. The molecule has 0 aliphatic rings. The first-order valence-corrected chi connectivity index (χ1v) is 4.97. The number of ether oxygens (including phenoxy) is 1. The van der Waals surface area contributed by atoms with E-state index < -0.39 is 31.0 Å². The van der Waals surface area contributed by atoms with Crippen LogP contribution < -0.4 is 0 Å². The second kappa shape index (κ2) is 5.83. The maximum atomic E-state index is 12.0. The van der Waals surface area contributed by atoms with Gasteiger partial charge in [0.25, 0.3) is 0 Å². The van der Waals surface area contributed by atoms with Gasteiger partial charge in [0.15, 0.2) is 6.10 Å². The standard InChI is InChI=1S/C11H11F3O4/c12-11(13,14)9(16)8(15)6-18-10(17)7-4-2-1-3-5-7/h1-5,8-9,15-16H,6H2/t8-,9-/m1/s1. The molecule has 0 heterocycles. The first-order chi connectivity index (χ1) is 8.32. The third kappa shape index (κ3) is 4.01. The molecule has 0 aliphatic heterocycles. The molecule has 1 aromatic rings. The number of hydrogen-bond acceptors (Lipinski definition) is 4. The molecule has 0 aliphatic carbocycles. The van der Waals surface area contributed by atoms with Gasteiger partial charge < -0.3 is 14.9 Å². The molecule has 0 amide bonds. The smallest absolute Gasteiger partial charge is 0.417 e. The second-order valence-electron chi connectivity index (χ2n) is 3.52. The highest BCUT2D eigenvalue weighted by molar-refractivity contribution is 5.89. The van der Waals surface area contributed by atoms with E-state index in [1.807, 2.05) is 0 Å². The van der Waals surface area contributed by atoms with Crippen molar-refractivity contribution in [3.8, 4) is 0 Å². The lowest BCUT2D eigenvalue weighted by atomic mass is 10.2. The van der Waals surface area contributed by atoms with Crippen molar-refractivity contribution < 1.29 is 32.9 Å². The second-order valence-corrected chi connectivity index (χ2v) is 3.52. The summed E-state index contributed by atoms with van der Waals surface area (Å²) in [6.07, 6.45) is -10.1. The predicted octanol–water partition coefficient (Wildman–Crippen LogP) is 1.13. The molecule has 1 rings (SSSR count). The fraction of sp³-hybridized carbons (Fsp3) is 0.364. The van der Waals surface area contributed by atoms with Crippen LogP contribution in [0.2, 0.25) is 0 Å². The van der Waals surface area contributed by atoms with Crippen LogP contribution in [0.4, 0.5) is 13.2 Å². The van der Waals surface area contributed by atoms with E-state index in [9.17, 15) is 18.0 Å². The minimum atomic E-state index is -4.96. The number of carbonyl (C=O) groups is 1. The number of carbonyl (C=O) groups excluding carboxylic acids is 1. The Balaban J connectivity index is 2.49. The van der Waals surface area contributed by atoms with E-state index in [4.69, 9.17) is 10.2 Å². The van der Waals surface area contributed by atoms with Crippen molar-refractivity contribution in [2.45, 2.75) is 18.4 Å². The zero-order valence-corrected chi connectivity index (χ0v) is 9.09. The average molecular weight is 264 g/mol. The molecule has 4 nitrogen and oxygen atoms in total. The molecule has 100 valence electrons. The number of hydrogen-bond donors (Lipinski definition) is 2. The molecular weight excluding hydrogens is 253 g/mol. The molecule has 0 saturated heterocycles. The van der Waals surface area contributed by atoms with E-state index in [0.29, 0.717) is 0 Å². The molecule has 0 bridgehead atoms. The fourth-order valence-electron chi connectivity index (χ4n) is 1.13. The zero-order chi connectivity index (χ0) is 13.8. The molecule has 0 aromatic heterocycles. The summed E-state index contributed by atoms with van der Waals surface area (Å²) in [6, 6.07) is 7.58. The number of aliphatic hydroxyl groups is 2. The first-order valence-electron chi connectivity index (χ1n) is 4.97. The van der Waals surface area contributed by atoms with Crippen LogP contribution in [0.3, 0.4) is 0 Å². The van der Waals surface area contributed by atoms with Crippen molar-refractivity contribution in [2.75, 3.05) is 6.61 Å². The topological polar surface area (TPSA) is 66.8 Å². The lowest BCUT2D eigenvalue weighted by molar-refractivity contribution is -0.233. The van der Waals surface area contributed by atoms with Crippen LogP contribution in [0.15, 0.2) is 30.3 Å². The molecule has 2 atom stereocenters. The Labute approximate surface area is 101 Å². The minimum absolute atomic E-state index is 0.145. The van der Waals surface area contributed by atoms with Crippen LogP contribution >= 0.6 is 0 Å². The molecule has 0 unspecified atom stereocenters. The number of alkyl halides is 3.